The van der Waals surface area contributed by atoms with Crippen molar-refractivity contribution in [1.82, 2.24) is 19.9 Å². The number of rotatable bonds is 20. The molecule has 7 aromatic rings. The number of hydrogen-bond donors (Lipinski definition) is 2. The van der Waals surface area contributed by atoms with Crippen molar-refractivity contribution in [1.29, 1.82) is 0 Å². The van der Waals surface area contributed by atoms with E-state index < -0.39 is 0 Å². The van der Waals surface area contributed by atoms with Crippen LogP contribution in [0.4, 0.5) is 0 Å². The van der Waals surface area contributed by atoms with Crippen LogP contribution in [0.15, 0.2) is 130 Å². The lowest BCUT2D eigenvalue weighted by atomic mass is 10.0. The highest BCUT2D eigenvalue weighted by Crippen LogP contribution is 2.39. The van der Waals surface area contributed by atoms with Crippen LogP contribution in [0.2, 0.25) is 0 Å². The van der Waals surface area contributed by atoms with E-state index in [9.17, 15) is 0 Å². The number of aromatic amines is 2. The maximum absolute atomic E-state index is 6.25. The monoisotopic (exact) mass is 1030 g/mol. The van der Waals surface area contributed by atoms with Crippen molar-refractivity contribution in [3.63, 3.8) is 0 Å². The Balaban J connectivity index is 1.21. The van der Waals surface area contributed by atoms with Gasteiger partial charge in [-0.2, -0.15) is 0 Å². The molecule has 0 spiro atoms. The molecule has 2 aliphatic rings. The third kappa shape index (κ3) is 11.3. The van der Waals surface area contributed by atoms with Gasteiger partial charge in [0.05, 0.1) is 36.0 Å². The molecule has 0 amide bonds. The third-order valence-electron chi connectivity index (χ3n) is 12.8. The standard InChI is InChI=1S/C60H60Br2N4O2/c1-3-5-7-9-11-13-39-67-47-27-19-43(20-28-47)59-53-35-31-49(63-53)57(41-15-23-45(61)24-16-41)51-33-37-55(65-51)60(44-21-29-48(30-22-44)68-40-14-12-10-8-6-4-2)56-38-34-52(66-56)58(50-32-36-54(59)64-50)42-17-25-46(62)26-18-42/h15-38,63,66H,3-14,39-40H2,1-2H3. The van der Waals surface area contributed by atoms with E-state index in [1.807, 2.05) is 0 Å². The molecule has 2 N–H and O–H groups in total. The molecule has 0 radical (unpaired) electrons. The molecular formula is C60H60Br2N4O2. The van der Waals surface area contributed by atoms with Crippen LogP contribution in [0.1, 0.15) is 114 Å². The molecule has 4 aromatic carbocycles. The lowest BCUT2D eigenvalue weighted by molar-refractivity contribution is 0.304. The predicted octanol–water partition coefficient (Wildman–Crippen LogP) is 18.3. The van der Waals surface area contributed by atoms with Crippen molar-refractivity contribution >= 4 is 78.2 Å². The molecular weight excluding hydrogens is 968 g/mol. The van der Waals surface area contributed by atoms with Crippen LogP contribution < -0.4 is 9.47 Å². The first kappa shape index (κ1) is 47.1. The Morgan fingerprint density at radius 2 is 0.632 bits per heavy atom. The van der Waals surface area contributed by atoms with E-state index in [4.69, 9.17) is 19.4 Å². The van der Waals surface area contributed by atoms with Gasteiger partial charge in [0.2, 0.25) is 0 Å². The summed E-state index contributed by atoms with van der Waals surface area (Å²) in [6, 6.07) is 42.6. The summed E-state index contributed by atoms with van der Waals surface area (Å²) in [7, 11) is 0. The van der Waals surface area contributed by atoms with Crippen LogP contribution >= 0.6 is 31.9 Å². The number of halogens is 2. The summed E-state index contributed by atoms with van der Waals surface area (Å²) in [6.45, 7) is 5.95. The fourth-order valence-corrected chi connectivity index (χ4v) is 9.76. The third-order valence-corrected chi connectivity index (χ3v) is 13.9. The molecule has 6 nitrogen and oxygen atoms in total. The molecule has 8 heteroatoms. The number of nitrogens with one attached hydrogen (secondary N) is 2. The second kappa shape index (κ2) is 22.9. The Bertz CT molecular complexity index is 2830. The first-order chi connectivity index (χ1) is 33.4. The number of benzene rings is 4. The van der Waals surface area contributed by atoms with Crippen LogP contribution in [-0.2, 0) is 0 Å². The number of hydrogen-bond acceptors (Lipinski definition) is 4. The highest BCUT2D eigenvalue weighted by atomic mass is 79.9. The minimum absolute atomic E-state index is 0.719. The minimum Gasteiger partial charge on any atom is -0.494 e. The smallest absolute Gasteiger partial charge is 0.119 e. The number of ether oxygens (including phenoxy) is 2. The van der Waals surface area contributed by atoms with E-state index in [1.54, 1.807) is 0 Å². The van der Waals surface area contributed by atoms with Crippen LogP contribution in [0.3, 0.4) is 0 Å². The highest BCUT2D eigenvalue weighted by Gasteiger charge is 2.19. The van der Waals surface area contributed by atoms with Gasteiger partial charge in [-0.05, 0) is 132 Å². The number of nitrogens with zero attached hydrogens (tertiary/aromatic N) is 2. The second-order valence-electron chi connectivity index (χ2n) is 17.8. The average molecular weight is 1030 g/mol. The van der Waals surface area contributed by atoms with Gasteiger partial charge in [-0.15, -0.1) is 0 Å². The largest absolute Gasteiger partial charge is 0.494 e. The molecule has 2 aliphatic heterocycles. The zero-order valence-corrected chi connectivity index (χ0v) is 42.4. The molecule has 0 saturated heterocycles. The maximum atomic E-state index is 6.25. The number of fused-ring (bicyclic) bond motifs is 8. The molecule has 5 heterocycles. The van der Waals surface area contributed by atoms with E-state index in [1.165, 1.54) is 64.2 Å². The number of aromatic nitrogens is 4. The van der Waals surface area contributed by atoms with Gasteiger partial charge < -0.3 is 19.4 Å². The van der Waals surface area contributed by atoms with Crippen molar-refractivity contribution in [2.24, 2.45) is 0 Å². The van der Waals surface area contributed by atoms with Gasteiger partial charge in [0.15, 0.2) is 0 Å². The number of unbranched alkanes of at least 4 members (excludes halogenated alkanes) is 10. The maximum Gasteiger partial charge on any atom is 0.119 e. The first-order valence-electron chi connectivity index (χ1n) is 24.6. The van der Waals surface area contributed by atoms with E-state index in [0.717, 1.165) is 136 Å². The summed E-state index contributed by atoms with van der Waals surface area (Å²) in [6.07, 6.45) is 23.4. The molecule has 9 rings (SSSR count). The molecule has 0 aliphatic carbocycles. The SMILES string of the molecule is CCCCCCCCOc1ccc(-c2c3nc(c(-c4ccc(Br)cc4)c4ccc([nH]4)c(-c4ccc(OCCCCCCCC)cc4)c4nc(c(-c5ccc(Br)cc5)c5ccc2[nH]5)C=C4)C=C3)cc1. The zero-order valence-electron chi connectivity index (χ0n) is 39.2. The Kier molecular flexibility index (Phi) is 15.9. The summed E-state index contributed by atoms with van der Waals surface area (Å²) < 4.78 is 14.5. The second-order valence-corrected chi connectivity index (χ2v) is 19.6. The normalized spacial score (nSPS) is 11.9. The van der Waals surface area contributed by atoms with E-state index in [-0.39, 0.29) is 0 Å². The topological polar surface area (TPSA) is 75.8 Å². The summed E-state index contributed by atoms with van der Waals surface area (Å²) in [4.78, 5) is 18.7. The van der Waals surface area contributed by atoms with Crippen LogP contribution in [-0.4, -0.2) is 33.1 Å². The molecule has 0 unspecified atom stereocenters. The van der Waals surface area contributed by atoms with Gasteiger partial charge in [0.25, 0.3) is 0 Å². The average Bonchev–Trinajstić information content (AvgIpc) is 4.22. The van der Waals surface area contributed by atoms with Crippen LogP contribution in [0.5, 0.6) is 11.5 Å². The Hall–Kier alpha value is -5.96. The summed E-state index contributed by atoms with van der Waals surface area (Å²) in [5.41, 5.74) is 15.5. The van der Waals surface area contributed by atoms with Crippen molar-refractivity contribution in [3.8, 4) is 56.0 Å². The Morgan fingerprint density at radius 1 is 0.353 bits per heavy atom. The van der Waals surface area contributed by atoms with Gasteiger partial charge in [0.1, 0.15) is 11.5 Å². The van der Waals surface area contributed by atoms with Gasteiger partial charge in [-0.25, -0.2) is 9.97 Å². The predicted molar refractivity (Wildman–Crippen MR) is 294 cm³/mol. The van der Waals surface area contributed by atoms with Gasteiger partial charge in [-0.1, -0.05) is 158 Å². The van der Waals surface area contributed by atoms with Crippen molar-refractivity contribution < 1.29 is 9.47 Å². The molecule has 346 valence electrons. The lowest BCUT2D eigenvalue weighted by Crippen LogP contribution is -1.97. The molecule has 8 bridgehead atoms. The summed E-state index contributed by atoms with van der Waals surface area (Å²) in [5.74, 6) is 1.75. The van der Waals surface area contributed by atoms with Crippen LogP contribution in [0, 0.1) is 0 Å². The molecule has 3 aromatic heterocycles. The van der Waals surface area contributed by atoms with Gasteiger partial charge in [0, 0.05) is 53.3 Å². The zero-order chi connectivity index (χ0) is 46.7. The fourth-order valence-electron chi connectivity index (χ4n) is 9.23. The van der Waals surface area contributed by atoms with Gasteiger partial charge >= 0.3 is 0 Å². The fraction of sp³-hybridized carbons (Fsp3) is 0.267. The van der Waals surface area contributed by atoms with E-state index in [2.05, 4.69) is 201 Å². The minimum atomic E-state index is 0.719. The number of H-pyrrole nitrogens is 2. The molecule has 68 heavy (non-hydrogen) atoms. The summed E-state index contributed by atoms with van der Waals surface area (Å²) in [5, 5.41) is 0. The van der Waals surface area contributed by atoms with Crippen LogP contribution in [0.25, 0.3) is 90.9 Å². The van der Waals surface area contributed by atoms with Gasteiger partial charge in [-0.3, -0.25) is 0 Å². The molecule has 0 atom stereocenters. The Morgan fingerprint density at radius 3 is 0.941 bits per heavy atom. The molecule has 0 fully saturated rings. The van der Waals surface area contributed by atoms with Crippen molar-refractivity contribution in [2.45, 2.75) is 90.9 Å². The summed E-state index contributed by atoms with van der Waals surface area (Å²) >= 11 is 7.36. The van der Waals surface area contributed by atoms with E-state index >= 15 is 0 Å². The van der Waals surface area contributed by atoms with Crippen molar-refractivity contribution in [2.75, 3.05) is 13.2 Å². The van der Waals surface area contributed by atoms with E-state index in [0.29, 0.717) is 0 Å². The quantitative estimate of drug-likeness (QED) is 0.0746. The Labute approximate surface area is 418 Å². The lowest BCUT2D eigenvalue weighted by Gasteiger charge is -2.09. The first-order valence-corrected chi connectivity index (χ1v) is 26.2. The molecule has 0 saturated carbocycles. The van der Waals surface area contributed by atoms with Crippen molar-refractivity contribution in [3.05, 3.63) is 153 Å². The highest BCUT2D eigenvalue weighted by molar-refractivity contribution is 9.10.